The van der Waals surface area contributed by atoms with Crippen molar-refractivity contribution in [1.82, 2.24) is 9.55 Å². The summed E-state index contributed by atoms with van der Waals surface area (Å²) in [4.78, 5) is 29.7. The number of aryl methyl sites for hydroxylation is 1. The third-order valence-electron chi connectivity index (χ3n) is 4.78. The summed E-state index contributed by atoms with van der Waals surface area (Å²) in [5.74, 6) is 0.507. The number of alkyl halides is 3. The molecule has 26 heavy (non-hydrogen) atoms. The summed E-state index contributed by atoms with van der Waals surface area (Å²) in [6.45, 7) is 2.14. The molecule has 1 aliphatic rings. The number of thiophene rings is 1. The molecule has 0 amide bonds. The fourth-order valence-electron chi connectivity index (χ4n) is 3.48. The SMILES string of the molecule is C[C@H]1CCc2c(sc3[nH]c(=O)n(-c4cccc(C(F)(F)F)c4)c(=O)c23)C1. The van der Waals surface area contributed by atoms with E-state index in [1.165, 1.54) is 23.5 Å². The first-order valence-electron chi connectivity index (χ1n) is 8.23. The van der Waals surface area contributed by atoms with E-state index in [0.717, 1.165) is 46.4 Å². The molecule has 3 aromatic rings. The molecular formula is C18H15F3N2O2S. The molecule has 0 aliphatic heterocycles. The lowest BCUT2D eigenvalue weighted by atomic mass is 9.89. The van der Waals surface area contributed by atoms with Crippen LogP contribution in [-0.2, 0) is 19.0 Å². The predicted molar refractivity (Wildman–Crippen MR) is 94.2 cm³/mol. The van der Waals surface area contributed by atoms with Gasteiger partial charge in [-0.05, 0) is 48.9 Å². The molecule has 4 nitrogen and oxygen atoms in total. The van der Waals surface area contributed by atoms with E-state index in [0.29, 0.717) is 16.1 Å². The fourth-order valence-corrected chi connectivity index (χ4v) is 4.87. The highest BCUT2D eigenvalue weighted by Crippen LogP contribution is 2.35. The van der Waals surface area contributed by atoms with Crippen LogP contribution in [0.2, 0.25) is 0 Å². The summed E-state index contributed by atoms with van der Waals surface area (Å²) in [5, 5.41) is 0.425. The Bertz CT molecular complexity index is 1120. The van der Waals surface area contributed by atoms with Crippen molar-refractivity contribution in [2.75, 3.05) is 0 Å². The highest BCUT2D eigenvalue weighted by atomic mass is 32.1. The van der Waals surface area contributed by atoms with Crippen LogP contribution in [0.4, 0.5) is 13.2 Å². The lowest BCUT2D eigenvalue weighted by molar-refractivity contribution is -0.137. The monoisotopic (exact) mass is 380 g/mol. The molecule has 0 saturated carbocycles. The standard InChI is InChI=1S/C18H15F3N2O2S/c1-9-5-6-12-13(7-9)26-15-14(12)16(24)23(17(25)22-15)11-4-2-3-10(8-11)18(19,20)21/h2-4,8-9H,5-7H2,1H3,(H,22,25)/t9-/m0/s1. The van der Waals surface area contributed by atoms with Gasteiger partial charge < -0.3 is 0 Å². The Hall–Kier alpha value is -2.35. The zero-order chi connectivity index (χ0) is 18.6. The van der Waals surface area contributed by atoms with Crippen molar-refractivity contribution >= 4 is 21.6 Å². The third-order valence-corrected chi connectivity index (χ3v) is 5.95. The molecule has 4 rings (SSSR count). The van der Waals surface area contributed by atoms with E-state index in [1.807, 2.05) is 0 Å². The Morgan fingerprint density at radius 2 is 2.04 bits per heavy atom. The first-order valence-corrected chi connectivity index (χ1v) is 9.04. The Kier molecular flexibility index (Phi) is 3.83. The van der Waals surface area contributed by atoms with Gasteiger partial charge in [0.2, 0.25) is 0 Å². The molecule has 0 bridgehead atoms. The highest BCUT2D eigenvalue weighted by Gasteiger charge is 2.31. The average Bonchev–Trinajstić information content (AvgIpc) is 2.91. The number of fused-ring (bicyclic) bond motifs is 3. The second-order valence-corrected chi connectivity index (χ2v) is 7.78. The van der Waals surface area contributed by atoms with Crippen molar-refractivity contribution < 1.29 is 13.2 Å². The lowest BCUT2D eigenvalue weighted by Crippen LogP contribution is -2.33. The summed E-state index contributed by atoms with van der Waals surface area (Å²) in [7, 11) is 0. The summed E-state index contributed by atoms with van der Waals surface area (Å²) < 4.78 is 39.7. The number of H-pyrrole nitrogens is 1. The van der Waals surface area contributed by atoms with Crippen molar-refractivity contribution in [1.29, 1.82) is 0 Å². The normalized spacial score (nSPS) is 17.5. The second-order valence-electron chi connectivity index (χ2n) is 6.67. The number of halogens is 3. The van der Waals surface area contributed by atoms with Crippen LogP contribution in [-0.4, -0.2) is 9.55 Å². The van der Waals surface area contributed by atoms with Crippen molar-refractivity contribution in [3.8, 4) is 5.69 Å². The molecule has 0 saturated heterocycles. The summed E-state index contributed by atoms with van der Waals surface area (Å²) in [6, 6.07) is 4.26. The smallest absolute Gasteiger partial charge is 0.298 e. The van der Waals surface area contributed by atoms with E-state index >= 15 is 0 Å². The van der Waals surface area contributed by atoms with Crippen LogP contribution in [0.5, 0.6) is 0 Å². The van der Waals surface area contributed by atoms with Gasteiger partial charge in [-0.15, -0.1) is 11.3 Å². The number of aromatic amines is 1. The number of nitrogens with one attached hydrogen (secondary N) is 1. The molecular weight excluding hydrogens is 365 g/mol. The number of benzene rings is 1. The van der Waals surface area contributed by atoms with Gasteiger partial charge in [-0.3, -0.25) is 9.78 Å². The van der Waals surface area contributed by atoms with Gasteiger partial charge in [0.15, 0.2) is 0 Å². The van der Waals surface area contributed by atoms with Gasteiger partial charge in [-0.25, -0.2) is 9.36 Å². The minimum absolute atomic E-state index is 0.0860. The van der Waals surface area contributed by atoms with E-state index in [1.54, 1.807) is 0 Å². The lowest BCUT2D eigenvalue weighted by Gasteiger charge is -2.17. The van der Waals surface area contributed by atoms with Crippen molar-refractivity contribution in [3.63, 3.8) is 0 Å². The Balaban J connectivity index is 1.98. The Morgan fingerprint density at radius 3 is 2.77 bits per heavy atom. The van der Waals surface area contributed by atoms with E-state index in [-0.39, 0.29) is 5.69 Å². The summed E-state index contributed by atoms with van der Waals surface area (Å²) in [5.41, 5.74) is -1.35. The van der Waals surface area contributed by atoms with E-state index in [4.69, 9.17) is 0 Å². The molecule has 1 N–H and O–H groups in total. The fraction of sp³-hybridized carbons (Fsp3) is 0.333. The van der Waals surface area contributed by atoms with Crippen molar-refractivity contribution in [2.45, 2.75) is 32.4 Å². The van der Waals surface area contributed by atoms with Crippen LogP contribution in [0, 0.1) is 5.92 Å². The Morgan fingerprint density at radius 1 is 1.27 bits per heavy atom. The number of nitrogens with zero attached hydrogens (tertiary/aromatic N) is 1. The van der Waals surface area contributed by atoms with Crippen LogP contribution < -0.4 is 11.2 Å². The molecule has 136 valence electrons. The van der Waals surface area contributed by atoms with Gasteiger partial charge >= 0.3 is 11.9 Å². The largest absolute Gasteiger partial charge is 0.416 e. The first kappa shape index (κ1) is 17.1. The van der Waals surface area contributed by atoms with Gasteiger partial charge in [-0.1, -0.05) is 13.0 Å². The third kappa shape index (κ3) is 2.68. The number of rotatable bonds is 1. The van der Waals surface area contributed by atoms with Crippen LogP contribution in [0.3, 0.4) is 0 Å². The van der Waals surface area contributed by atoms with Crippen LogP contribution >= 0.6 is 11.3 Å². The molecule has 1 aromatic carbocycles. The maximum absolute atomic E-state index is 13.0. The summed E-state index contributed by atoms with van der Waals surface area (Å²) in [6.07, 6.45) is -2.02. The number of aromatic nitrogens is 2. The molecule has 0 unspecified atom stereocenters. The molecule has 0 spiro atoms. The molecule has 8 heteroatoms. The molecule has 2 heterocycles. The predicted octanol–water partition coefficient (Wildman–Crippen LogP) is 3.88. The zero-order valence-electron chi connectivity index (χ0n) is 13.8. The van der Waals surface area contributed by atoms with E-state index in [2.05, 4.69) is 11.9 Å². The molecule has 0 radical (unpaired) electrons. The van der Waals surface area contributed by atoms with Crippen LogP contribution in [0.15, 0.2) is 33.9 Å². The molecule has 1 atom stereocenters. The highest BCUT2D eigenvalue weighted by molar-refractivity contribution is 7.18. The quantitative estimate of drug-likeness (QED) is 0.697. The van der Waals surface area contributed by atoms with Gasteiger partial charge in [0.05, 0.1) is 16.6 Å². The summed E-state index contributed by atoms with van der Waals surface area (Å²) >= 11 is 1.39. The van der Waals surface area contributed by atoms with Crippen molar-refractivity contribution in [2.24, 2.45) is 5.92 Å². The minimum Gasteiger partial charge on any atom is -0.298 e. The van der Waals surface area contributed by atoms with Gasteiger partial charge in [0.1, 0.15) is 4.83 Å². The van der Waals surface area contributed by atoms with Crippen molar-refractivity contribution in [3.05, 3.63) is 61.1 Å². The zero-order valence-corrected chi connectivity index (χ0v) is 14.6. The van der Waals surface area contributed by atoms with Gasteiger partial charge in [0.25, 0.3) is 5.56 Å². The van der Waals surface area contributed by atoms with E-state index in [9.17, 15) is 22.8 Å². The number of hydrogen-bond donors (Lipinski definition) is 1. The molecule has 0 fully saturated rings. The van der Waals surface area contributed by atoms with Gasteiger partial charge in [-0.2, -0.15) is 13.2 Å². The number of hydrogen-bond acceptors (Lipinski definition) is 3. The molecule has 1 aliphatic carbocycles. The average molecular weight is 380 g/mol. The Labute approximate surface area is 149 Å². The van der Waals surface area contributed by atoms with Gasteiger partial charge in [0, 0.05) is 4.88 Å². The van der Waals surface area contributed by atoms with Crippen LogP contribution in [0.1, 0.15) is 29.3 Å². The molecule has 2 aromatic heterocycles. The minimum atomic E-state index is -4.55. The van der Waals surface area contributed by atoms with E-state index < -0.39 is 23.0 Å². The first-order chi connectivity index (χ1) is 12.3. The maximum Gasteiger partial charge on any atom is 0.416 e. The topological polar surface area (TPSA) is 54.9 Å². The second kappa shape index (κ2) is 5.84. The van der Waals surface area contributed by atoms with Crippen LogP contribution in [0.25, 0.3) is 15.9 Å². The maximum atomic E-state index is 13.0.